The minimum atomic E-state index is -0.681. The Morgan fingerprint density at radius 2 is 2.00 bits per heavy atom. The van der Waals surface area contributed by atoms with Gasteiger partial charge in [0, 0.05) is 6.20 Å². The second-order valence-electron chi connectivity index (χ2n) is 6.64. The molecule has 2 aromatic heterocycles. The van der Waals surface area contributed by atoms with Crippen molar-refractivity contribution in [1.29, 1.82) is 0 Å². The Balaban J connectivity index is 1.86. The largest absolute Gasteiger partial charge is 0.376 e. The zero-order chi connectivity index (χ0) is 18.3. The maximum atomic E-state index is 12.6. The van der Waals surface area contributed by atoms with Crippen LogP contribution in [0.2, 0.25) is 0 Å². The van der Waals surface area contributed by atoms with Gasteiger partial charge in [0.05, 0.1) is 11.0 Å². The molecule has 0 amide bonds. The average molecular weight is 350 g/mol. The zero-order valence-corrected chi connectivity index (χ0v) is 14.3. The lowest BCUT2D eigenvalue weighted by atomic mass is 9.80. The van der Waals surface area contributed by atoms with E-state index in [0.29, 0.717) is 5.65 Å². The van der Waals surface area contributed by atoms with Crippen molar-refractivity contribution in [3.63, 3.8) is 0 Å². The maximum absolute atomic E-state index is 12.6. The molecule has 3 aromatic rings. The van der Waals surface area contributed by atoms with Crippen molar-refractivity contribution in [2.75, 3.05) is 5.32 Å². The third-order valence-corrected chi connectivity index (χ3v) is 5.01. The van der Waals surface area contributed by atoms with Crippen LogP contribution in [0.4, 0.5) is 11.5 Å². The van der Waals surface area contributed by atoms with E-state index in [0.717, 1.165) is 18.4 Å². The molecule has 26 heavy (non-hydrogen) atoms. The van der Waals surface area contributed by atoms with Gasteiger partial charge in [-0.1, -0.05) is 37.3 Å². The lowest BCUT2D eigenvalue weighted by molar-refractivity contribution is -0.385. The number of anilines is 1. The Morgan fingerprint density at radius 3 is 2.81 bits per heavy atom. The fourth-order valence-corrected chi connectivity index (χ4v) is 3.63. The predicted molar refractivity (Wildman–Crippen MR) is 98.4 cm³/mol. The molecule has 0 saturated heterocycles. The van der Waals surface area contributed by atoms with Crippen molar-refractivity contribution in [3.8, 4) is 0 Å². The number of aromatic nitrogens is 2. The molecule has 0 bridgehead atoms. The SMILES string of the molecule is C[C@@H]1CCc2ccccc2[C@H]1Nc1nc2ccccn2c(=O)c1[N+](=O)[O-]. The van der Waals surface area contributed by atoms with Crippen LogP contribution in [0.3, 0.4) is 0 Å². The highest BCUT2D eigenvalue weighted by molar-refractivity contribution is 5.61. The summed E-state index contributed by atoms with van der Waals surface area (Å²) in [6.45, 7) is 2.10. The summed E-state index contributed by atoms with van der Waals surface area (Å²) < 4.78 is 1.20. The first kappa shape index (κ1) is 16.3. The van der Waals surface area contributed by atoms with Gasteiger partial charge in [-0.2, -0.15) is 0 Å². The lowest BCUT2D eigenvalue weighted by Gasteiger charge is -2.32. The second-order valence-corrected chi connectivity index (χ2v) is 6.64. The van der Waals surface area contributed by atoms with Crippen molar-refractivity contribution in [3.05, 3.63) is 80.3 Å². The van der Waals surface area contributed by atoms with Gasteiger partial charge < -0.3 is 5.32 Å². The van der Waals surface area contributed by atoms with Crippen molar-refractivity contribution in [2.24, 2.45) is 5.92 Å². The third-order valence-electron chi connectivity index (χ3n) is 5.01. The molecule has 0 unspecified atom stereocenters. The summed E-state index contributed by atoms with van der Waals surface area (Å²) in [5.41, 5.74) is 1.50. The van der Waals surface area contributed by atoms with E-state index in [9.17, 15) is 14.9 Å². The Morgan fingerprint density at radius 1 is 1.23 bits per heavy atom. The summed E-state index contributed by atoms with van der Waals surface area (Å²) >= 11 is 0. The van der Waals surface area contributed by atoms with Crippen LogP contribution >= 0.6 is 0 Å². The van der Waals surface area contributed by atoms with E-state index in [4.69, 9.17) is 0 Å². The van der Waals surface area contributed by atoms with Gasteiger partial charge in [0.25, 0.3) is 0 Å². The van der Waals surface area contributed by atoms with Gasteiger partial charge in [0.15, 0.2) is 0 Å². The first-order valence-corrected chi connectivity index (χ1v) is 8.56. The van der Waals surface area contributed by atoms with E-state index < -0.39 is 16.2 Å². The number of nitrogens with zero attached hydrogens (tertiary/aromatic N) is 3. The number of fused-ring (bicyclic) bond motifs is 2. The molecule has 1 aromatic carbocycles. The number of nitro groups is 1. The molecule has 0 radical (unpaired) electrons. The van der Waals surface area contributed by atoms with E-state index in [1.54, 1.807) is 18.2 Å². The number of hydrogen-bond donors (Lipinski definition) is 1. The molecule has 0 fully saturated rings. The molecule has 1 aliphatic rings. The summed E-state index contributed by atoms with van der Waals surface area (Å²) in [4.78, 5) is 27.9. The molecule has 0 aliphatic heterocycles. The van der Waals surface area contributed by atoms with Crippen molar-refractivity contribution in [2.45, 2.75) is 25.8 Å². The number of benzene rings is 1. The standard InChI is InChI=1S/C19H18N4O3/c1-12-9-10-13-6-2-3-7-14(13)16(12)21-18-17(23(25)26)19(24)22-11-5-4-8-15(22)20-18/h2-8,11-12,16,21H,9-10H2,1H3/t12-,16+/m1/s1. The van der Waals surface area contributed by atoms with E-state index in [1.165, 1.54) is 16.2 Å². The minimum absolute atomic E-state index is 0.0275. The molecular weight excluding hydrogens is 332 g/mol. The van der Waals surface area contributed by atoms with E-state index in [2.05, 4.69) is 23.3 Å². The van der Waals surface area contributed by atoms with Crippen molar-refractivity contribution in [1.82, 2.24) is 9.38 Å². The lowest BCUT2D eigenvalue weighted by Crippen LogP contribution is -2.28. The first-order chi connectivity index (χ1) is 12.6. The zero-order valence-electron chi connectivity index (χ0n) is 14.3. The quantitative estimate of drug-likeness (QED) is 0.578. The highest BCUT2D eigenvalue weighted by atomic mass is 16.6. The number of aryl methyl sites for hydroxylation is 1. The van der Waals surface area contributed by atoms with Crippen LogP contribution in [0, 0.1) is 16.0 Å². The Bertz CT molecular complexity index is 1060. The molecular formula is C19H18N4O3. The molecule has 2 atom stereocenters. The maximum Gasteiger partial charge on any atom is 0.376 e. The predicted octanol–water partition coefficient (Wildman–Crippen LogP) is 3.34. The van der Waals surface area contributed by atoms with Gasteiger partial charge >= 0.3 is 11.2 Å². The summed E-state index contributed by atoms with van der Waals surface area (Å²) in [6, 6.07) is 13.0. The third kappa shape index (κ3) is 2.61. The minimum Gasteiger partial charge on any atom is -0.357 e. The van der Waals surface area contributed by atoms with Crippen LogP contribution in [-0.4, -0.2) is 14.3 Å². The van der Waals surface area contributed by atoms with Crippen molar-refractivity contribution >= 4 is 17.2 Å². The van der Waals surface area contributed by atoms with E-state index in [1.807, 2.05) is 18.2 Å². The van der Waals surface area contributed by atoms with Crippen LogP contribution in [0.15, 0.2) is 53.5 Å². The molecule has 0 spiro atoms. The topological polar surface area (TPSA) is 89.5 Å². The smallest absolute Gasteiger partial charge is 0.357 e. The normalized spacial score (nSPS) is 19.1. The number of pyridine rings is 1. The second kappa shape index (κ2) is 6.25. The van der Waals surface area contributed by atoms with Gasteiger partial charge in [-0.25, -0.2) is 4.98 Å². The fourth-order valence-electron chi connectivity index (χ4n) is 3.63. The average Bonchev–Trinajstić information content (AvgIpc) is 2.64. The van der Waals surface area contributed by atoms with Gasteiger partial charge in [-0.05, 0) is 42.0 Å². The Kier molecular flexibility index (Phi) is 3.91. The number of nitrogens with one attached hydrogen (secondary N) is 1. The van der Waals surface area contributed by atoms with Gasteiger partial charge in [-0.3, -0.25) is 19.3 Å². The van der Waals surface area contributed by atoms with Crippen LogP contribution < -0.4 is 10.9 Å². The van der Waals surface area contributed by atoms with Crippen molar-refractivity contribution < 1.29 is 4.92 Å². The summed E-state index contributed by atoms with van der Waals surface area (Å²) in [5, 5.41) is 14.8. The fraction of sp³-hybridized carbons (Fsp3) is 0.263. The van der Waals surface area contributed by atoms with Crippen LogP contribution in [0.25, 0.3) is 5.65 Å². The van der Waals surface area contributed by atoms with E-state index >= 15 is 0 Å². The molecule has 2 heterocycles. The highest BCUT2D eigenvalue weighted by Crippen LogP contribution is 2.37. The van der Waals surface area contributed by atoms with Crippen LogP contribution in [-0.2, 0) is 6.42 Å². The monoisotopic (exact) mass is 350 g/mol. The summed E-state index contributed by atoms with van der Waals surface area (Å²) in [5.74, 6) is 0.292. The van der Waals surface area contributed by atoms with Gasteiger partial charge in [-0.15, -0.1) is 0 Å². The molecule has 132 valence electrons. The number of rotatable bonds is 3. The van der Waals surface area contributed by atoms with E-state index in [-0.39, 0.29) is 17.8 Å². The van der Waals surface area contributed by atoms with Crippen LogP contribution in [0.5, 0.6) is 0 Å². The molecule has 0 saturated carbocycles. The molecule has 1 N–H and O–H groups in total. The highest BCUT2D eigenvalue weighted by Gasteiger charge is 2.31. The molecule has 4 rings (SSSR count). The number of hydrogen-bond acceptors (Lipinski definition) is 5. The Labute approximate surface area is 149 Å². The van der Waals surface area contributed by atoms with Gasteiger partial charge in [0.1, 0.15) is 5.65 Å². The van der Waals surface area contributed by atoms with Crippen LogP contribution in [0.1, 0.15) is 30.5 Å². The Hall–Kier alpha value is -3.22. The molecule has 7 heteroatoms. The first-order valence-electron chi connectivity index (χ1n) is 8.56. The summed E-state index contributed by atoms with van der Waals surface area (Å²) in [6.07, 6.45) is 3.43. The van der Waals surface area contributed by atoms with Gasteiger partial charge in [0.2, 0.25) is 5.82 Å². The summed E-state index contributed by atoms with van der Waals surface area (Å²) in [7, 11) is 0. The molecule has 7 nitrogen and oxygen atoms in total. The molecule has 1 aliphatic carbocycles.